The lowest BCUT2D eigenvalue weighted by Crippen LogP contribution is -2.40. The number of para-hydroxylation sites is 1. The fraction of sp³-hybridized carbons (Fsp3) is 0.500. The number of aliphatic hydroxyl groups is 2. The summed E-state index contributed by atoms with van der Waals surface area (Å²) in [6.07, 6.45) is -4.74. The lowest BCUT2D eigenvalue weighted by atomic mass is 10.1. The van der Waals surface area contributed by atoms with Crippen molar-refractivity contribution in [2.45, 2.75) is 25.4 Å². The lowest BCUT2D eigenvalue weighted by Gasteiger charge is -2.21. The molecule has 0 heterocycles. The molecule has 1 atom stereocenters. The molecular weight excluding hydrogens is 263 g/mol. The minimum absolute atomic E-state index is 0.0455. The summed E-state index contributed by atoms with van der Waals surface area (Å²) >= 11 is 0. The van der Waals surface area contributed by atoms with Crippen molar-refractivity contribution in [3.05, 3.63) is 29.8 Å². The lowest BCUT2D eigenvalue weighted by molar-refractivity contribution is -0.274. The molecule has 108 valence electrons. The molecule has 4 nitrogen and oxygen atoms in total. The quantitative estimate of drug-likeness (QED) is 0.737. The SMILES string of the molecule is CC(O)(CO)CNCc1ccccc1OC(F)(F)F. The third kappa shape index (κ3) is 5.91. The Bertz CT molecular complexity index is 407. The number of alkyl halides is 3. The molecule has 1 aromatic carbocycles. The first-order valence-electron chi connectivity index (χ1n) is 5.61. The maximum absolute atomic E-state index is 12.2. The van der Waals surface area contributed by atoms with Crippen molar-refractivity contribution in [1.29, 1.82) is 0 Å². The highest BCUT2D eigenvalue weighted by atomic mass is 19.4. The molecular formula is C12H16F3NO3. The van der Waals surface area contributed by atoms with Crippen LogP contribution in [0.5, 0.6) is 5.75 Å². The van der Waals surface area contributed by atoms with Crippen molar-refractivity contribution in [3.63, 3.8) is 0 Å². The van der Waals surface area contributed by atoms with Gasteiger partial charge in [0.15, 0.2) is 0 Å². The van der Waals surface area contributed by atoms with E-state index in [1.54, 1.807) is 6.07 Å². The molecule has 0 aliphatic heterocycles. The Morgan fingerprint density at radius 2 is 1.89 bits per heavy atom. The van der Waals surface area contributed by atoms with Crippen LogP contribution in [0.25, 0.3) is 0 Å². The molecule has 0 fully saturated rings. The van der Waals surface area contributed by atoms with Crippen LogP contribution in [-0.2, 0) is 6.54 Å². The number of aliphatic hydroxyl groups excluding tert-OH is 1. The third-order valence-corrected chi connectivity index (χ3v) is 2.36. The van der Waals surface area contributed by atoms with Gasteiger partial charge in [-0.15, -0.1) is 13.2 Å². The molecule has 0 amide bonds. The number of benzene rings is 1. The van der Waals surface area contributed by atoms with Gasteiger partial charge in [0.05, 0.1) is 12.2 Å². The van der Waals surface area contributed by atoms with Gasteiger partial charge in [-0.1, -0.05) is 18.2 Å². The van der Waals surface area contributed by atoms with E-state index in [1.165, 1.54) is 25.1 Å². The maximum atomic E-state index is 12.2. The fourth-order valence-corrected chi connectivity index (χ4v) is 1.40. The molecule has 0 radical (unpaired) electrons. The molecule has 0 saturated carbocycles. The Morgan fingerprint density at radius 3 is 2.47 bits per heavy atom. The van der Waals surface area contributed by atoms with Crippen LogP contribution in [0.15, 0.2) is 24.3 Å². The van der Waals surface area contributed by atoms with Gasteiger partial charge in [-0.05, 0) is 13.0 Å². The summed E-state index contributed by atoms with van der Waals surface area (Å²) in [6.45, 7) is 1.10. The second kappa shape index (κ2) is 6.23. The van der Waals surface area contributed by atoms with Crippen molar-refractivity contribution in [1.82, 2.24) is 5.32 Å². The summed E-state index contributed by atoms with van der Waals surface area (Å²) in [5.41, 5.74) is -1.01. The summed E-state index contributed by atoms with van der Waals surface area (Å²) in [6, 6.07) is 5.73. The van der Waals surface area contributed by atoms with Crippen molar-refractivity contribution in [2.75, 3.05) is 13.2 Å². The second-order valence-corrected chi connectivity index (χ2v) is 4.41. The highest BCUT2D eigenvalue weighted by Gasteiger charge is 2.32. The zero-order valence-electron chi connectivity index (χ0n) is 10.4. The topological polar surface area (TPSA) is 61.7 Å². The zero-order valence-corrected chi connectivity index (χ0v) is 10.4. The Morgan fingerprint density at radius 1 is 1.26 bits per heavy atom. The number of nitrogens with one attached hydrogen (secondary N) is 1. The minimum atomic E-state index is -4.74. The van der Waals surface area contributed by atoms with E-state index in [2.05, 4.69) is 10.1 Å². The van der Waals surface area contributed by atoms with Crippen molar-refractivity contribution < 1.29 is 28.1 Å². The van der Waals surface area contributed by atoms with Crippen molar-refractivity contribution >= 4 is 0 Å². The molecule has 0 aliphatic carbocycles. The summed E-state index contributed by atoms with van der Waals surface area (Å²) in [7, 11) is 0. The standard InChI is InChI=1S/C12H16F3NO3/c1-11(18,8-17)7-16-6-9-4-2-3-5-10(9)19-12(13,14)15/h2-5,16-18H,6-8H2,1H3. The van der Waals surface area contributed by atoms with E-state index in [9.17, 15) is 18.3 Å². The molecule has 3 N–H and O–H groups in total. The van der Waals surface area contributed by atoms with Crippen LogP contribution in [0.1, 0.15) is 12.5 Å². The molecule has 0 spiro atoms. The first-order chi connectivity index (χ1) is 8.73. The minimum Gasteiger partial charge on any atom is -0.405 e. The highest BCUT2D eigenvalue weighted by molar-refractivity contribution is 5.33. The average molecular weight is 279 g/mol. The van der Waals surface area contributed by atoms with Gasteiger partial charge in [-0.3, -0.25) is 0 Å². The largest absolute Gasteiger partial charge is 0.573 e. The van der Waals surface area contributed by atoms with E-state index < -0.39 is 18.6 Å². The van der Waals surface area contributed by atoms with Gasteiger partial charge < -0.3 is 20.3 Å². The fourth-order valence-electron chi connectivity index (χ4n) is 1.40. The normalized spacial score (nSPS) is 15.1. The molecule has 1 aromatic rings. The van der Waals surface area contributed by atoms with Crippen LogP contribution in [0.4, 0.5) is 13.2 Å². The van der Waals surface area contributed by atoms with Crippen LogP contribution < -0.4 is 10.1 Å². The van der Waals surface area contributed by atoms with E-state index in [-0.39, 0.29) is 18.8 Å². The van der Waals surface area contributed by atoms with Crippen LogP contribution in [0, 0.1) is 0 Å². The summed E-state index contributed by atoms with van der Waals surface area (Å²) in [4.78, 5) is 0. The number of ether oxygens (including phenoxy) is 1. The Kier molecular flexibility index (Phi) is 5.16. The van der Waals surface area contributed by atoms with Crippen LogP contribution in [0.3, 0.4) is 0 Å². The van der Waals surface area contributed by atoms with Crippen LogP contribution in [-0.4, -0.2) is 35.3 Å². The molecule has 19 heavy (non-hydrogen) atoms. The van der Waals surface area contributed by atoms with Gasteiger partial charge >= 0.3 is 6.36 Å². The average Bonchev–Trinajstić information content (AvgIpc) is 2.29. The van der Waals surface area contributed by atoms with Crippen LogP contribution in [0.2, 0.25) is 0 Å². The van der Waals surface area contributed by atoms with Gasteiger partial charge in [-0.2, -0.15) is 0 Å². The molecule has 1 unspecified atom stereocenters. The highest BCUT2D eigenvalue weighted by Crippen LogP contribution is 2.26. The molecule has 0 bridgehead atoms. The monoisotopic (exact) mass is 279 g/mol. The predicted octanol–water partition coefficient (Wildman–Crippen LogP) is 1.42. The molecule has 0 aliphatic rings. The van der Waals surface area contributed by atoms with Gasteiger partial charge in [-0.25, -0.2) is 0 Å². The van der Waals surface area contributed by atoms with Crippen LogP contribution >= 0.6 is 0 Å². The predicted molar refractivity (Wildman–Crippen MR) is 62.5 cm³/mol. The van der Waals surface area contributed by atoms with Gasteiger partial charge in [0, 0.05) is 18.7 Å². The smallest absolute Gasteiger partial charge is 0.405 e. The van der Waals surface area contributed by atoms with E-state index in [0.29, 0.717) is 5.56 Å². The van der Waals surface area contributed by atoms with E-state index >= 15 is 0 Å². The van der Waals surface area contributed by atoms with E-state index in [0.717, 1.165) is 0 Å². The molecule has 0 aromatic heterocycles. The van der Waals surface area contributed by atoms with Gasteiger partial charge in [0.1, 0.15) is 5.75 Å². The Hall–Kier alpha value is -1.31. The van der Waals surface area contributed by atoms with E-state index in [1.807, 2.05) is 0 Å². The molecule has 1 rings (SSSR count). The second-order valence-electron chi connectivity index (χ2n) is 4.41. The first kappa shape index (κ1) is 15.7. The summed E-state index contributed by atoms with van der Waals surface area (Å²) < 4.78 is 40.4. The Labute approximate surface area is 108 Å². The number of rotatable bonds is 6. The number of halogens is 3. The third-order valence-electron chi connectivity index (χ3n) is 2.36. The molecule has 0 saturated heterocycles. The number of hydrogen-bond acceptors (Lipinski definition) is 4. The molecule has 7 heteroatoms. The van der Waals surface area contributed by atoms with Gasteiger partial charge in [0.2, 0.25) is 0 Å². The summed E-state index contributed by atoms with van der Waals surface area (Å²) in [5, 5.41) is 21.1. The zero-order chi connectivity index (χ0) is 14.5. The Balaban J connectivity index is 2.63. The van der Waals surface area contributed by atoms with Crippen molar-refractivity contribution in [3.8, 4) is 5.75 Å². The first-order valence-corrected chi connectivity index (χ1v) is 5.61. The van der Waals surface area contributed by atoms with Gasteiger partial charge in [0.25, 0.3) is 0 Å². The summed E-state index contributed by atoms with van der Waals surface area (Å²) in [5.74, 6) is -0.286. The van der Waals surface area contributed by atoms with E-state index in [4.69, 9.17) is 5.11 Å². The number of hydrogen-bond donors (Lipinski definition) is 3. The van der Waals surface area contributed by atoms with Crippen molar-refractivity contribution in [2.24, 2.45) is 0 Å². The maximum Gasteiger partial charge on any atom is 0.573 e.